The van der Waals surface area contributed by atoms with Crippen LogP contribution < -0.4 is 15.9 Å². The summed E-state index contributed by atoms with van der Waals surface area (Å²) in [6.45, 7) is 1.19. The number of H-pyrrole nitrogens is 1. The second-order valence-electron chi connectivity index (χ2n) is 5.88. The number of ether oxygens (including phenoxy) is 1. The van der Waals surface area contributed by atoms with Crippen LogP contribution in [0.5, 0.6) is 0 Å². The van der Waals surface area contributed by atoms with Gasteiger partial charge in [0.05, 0.1) is 19.3 Å². The van der Waals surface area contributed by atoms with Crippen LogP contribution in [0.4, 0.5) is 5.95 Å². The fraction of sp³-hybridized carbons (Fsp3) is 0.615. The number of aromatic amines is 1. The highest BCUT2D eigenvalue weighted by molar-refractivity contribution is 5.67. The smallest absolute Gasteiger partial charge is 0.313 e. The molecule has 11 heteroatoms. The third-order valence-corrected chi connectivity index (χ3v) is 3.94. The van der Waals surface area contributed by atoms with Crippen LogP contribution in [0.3, 0.4) is 0 Å². The molecule has 132 valence electrons. The van der Waals surface area contributed by atoms with Crippen LogP contribution in [-0.2, 0) is 11.3 Å². The number of nitrogens with zero attached hydrogens (tertiary/aromatic N) is 3. The summed E-state index contributed by atoms with van der Waals surface area (Å²) in [5.74, 6) is -0.122. The number of nitrogens with one attached hydrogen (secondary N) is 1. The predicted molar refractivity (Wildman–Crippen MR) is 79.7 cm³/mol. The molecule has 1 fully saturated rings. The molecule has 0 amide bonds. The minimum atomic E-state index is -1.33. The fourth-order valence-corrected chi connectivity index (χ4v) is 2.89. The molecule has 0 aliphatic carbocycles. The summed E-state index contributed by atoms with van der Waals surface area (Å²) in [4.78, 5) is 18.7. The number of aliphatic hydroxyl groups excluding tert-OH is 4. The number of aliphatic hydroxyl groups is 4. The van der Waals surface area contributed by atoms with Gasteiger partial charge in [0.1, 0.15) is 18.3 Å². The SMILES string of the molecule is CC(O)Cn1c[n+]([C@@H]2O[C@H](CO)[C@@H](O)[C@H]2O)c2nc(N)[nH]c(=O)c21. The molecule has 1 aliphatic heterocycles. The topological polar surface area (TPSA) is 171 Å². The van der Waals surface area contributed by atoms with Gasteiger partial charge in [-0.1, -0.05) is 4.98 Å². The number of imidazole rings is 1. The first-order chi connectivity index (χ1) is 11.3. The van der Waals surface area contributed by atoms with Gasteiger partial charge in [-0.2, -0.15) is 0 Å². The van der Waals surface area contributed by atoms with Crippen LogP contribution in [0.2, 0.25) is 0 Å². The molecule has 3 heterocycles. The van der Waals surface area contributed by atoms with Crippen molar-refractivity contribution >= 4 is 17.1 Å². The monoisotopic (exact) mass is 342 g/mol. The Balaban J connectivity index is 2.16. The lowest BCUT2D eigenvalue weighted by Gasteiger charge is -2.12. The molecule has 5 atom stereocenters. The van der Waals surface area contributed by atoms with Crippen molar-refractivity contribution in [3.63, 3.8) is 0 Å². The Labute approximate surface area is 135 Å². The number of aromatic nitrogens is 4. The molecule has 2 aromatic rings. The van der Waals surface area contributed by atoms with Gasteiger partial charge in [-0.25, -0.2) is 4.57 Å². The standard InChI is InChI=1S/C13H19N5O6/c1-5(20)2-17-4-18(10-7(17)11(23)16-13(14)15-10)12-9(22)8(21)6(3-19)24-12/h4-6,8-9,12,19-22H,2-3H2,1H3,(H2-,14,15,16,23)/p+1/t5?,6-,8-,9-,12-/m1/s1. The van der Waals surface area contributed by atoms with E-state index >= 15 is 0 Å². The number of nitrogen functional groups attached to an aromatic ring is 1. The zero-order chi connectivity index (χ0) is 17.6. The summed E-state index contributed by atoms with van der Waals surface area (Å²) in [7, 11) is 0. The maximum Gasteiger partial charge on any atom is 0.313 e. The fourth-order valence-electron chi connectivity index (χ4n) is 2.89. The number of rotatable bonds is 4. The minimum absolute atomic E-state index is 0.104. The maximum atomic E-state index is 12.2. The van der Waals surface area contributed by atoms with Gasteiger partial charge in [0, 0.05) is 0 Å². The minimum Gasteiger partial charge on any atom is -0.394 e. The third kappa shape index (κ3) is 2.65. The van der Waals surface area contributed by atoms with Crippen molar-refractivity contribution in [3.05, 3.63) is 16.7 Å². The molecule has 0 saturated carbocycles. The molecule has 11 nitrogen and oxygen atoms in total. The number of hydrogen-bond acceptors (Lipinski definition) is 8. The van der Waals surface area contributed by atoms with Gasteiger partial charge in [0.15, 0.2) is 6.33 Å². The van der Waals surface area contributed by atoms with Gasteiger partial charge in [0.25, 0.3) is 11.5 Å². The Morgan fingerprint density at radius 3 is 2.79 bits per heavy atom. The second-order valence-corrected chi connectivity index (χ2v) is 5.88. The first-order valence-corrected chi connectivity index (χ1v) is 7.43. The van der Waals surface area contributed by atoms with Crippen LogP contribution in [0.1, 0.15) is 13.2 Å². The number of fused-ring (bicyclic) bond motifs is 1. The van der Waals surface area contributed by atoms with Crippen molar-refractivity contribution in [2.24, 2.45) is 0 Å². The van der Waals surface area contributed by atoms with Crippen molar-refractivity contribution in [2.45, 2.75) is 44.1 Å². The highest BCUT2D eigenvalue weighted by Gasteiger charge is 2.46. The van der Waals surface area contributed by atoms with E-state index in [-0.39, 0.29) is 23.7 Å². The van der Waals surface area contributed by atoms with Crippen molar-refractivity contribution < 1.29 is 29.7 Å². The molecule has 0 aromatic carbocycles. The Hall–Kier alpha value is -2.05. The zero-order valence-electron chi connectivity index (χ0n) is 12.9. The molecule has 0 bridgehead atoms. The molecule has 1 aliphatic rings. The van der Waals surface area contributed by atoms with Gasteiger partial charge in [0.2, 0.25) is 11.7 Å². The summed E-state index contributed by atoms with van der Waals surface area (Å²) in [5.41, 5.74) is 5.35. The molecule has 7 N–H and O–H groups in total. The van der Waals surface area contributed by atoms with E-state index in [1.54, 1.807) is 6.92 Å². The maximum absolute atomic E-state index is 12.2. The summed E-state index contributed by atoms with van der Waals surface area (Å²) in [6, 6.07) is 0. The van der Waals surface area contributed by atoms with Crippen molar-refractivity contribution in [1.82, 2.24) is 14.5 Å². The average molecular weight is 342 g/mol. The molecule has 1 unspecified atom stereocenters. The number of anilines is 1. The first-order valence-electron chi connectivity index (χ1n) is 7.43. The van der Waals surface area contributed by atoms with E-state index in [0.717, 1.165) is 0 Å². The first kappa shape index (κ1) is 16.8. The van der Waals surface area contributed by atoms with E-state index < -0.39 is 42.8 Å². The molecular formula is C13H20N5O6+. The van der Waals surface area contributed by atoms with Gasteiger partial charge < -0.3 is 30.9 Å². The molecule has 0 spiro atoms. The molecule has 2 aromatic heterocycles. The van der Waals surface area contributed by atoms with Gasteiger partial charge in [-0.15, -0.1) is 0 Å². The number of nitrogens with two attached hydrogens (primary N) is 1. The summed E-state index contributed by atoms with van der Waals surface area (Å²) in [6.07, 6.45) is -3.95. The molecule has 3 rings (SSSR count). The van der Waals surface area contributed by atoms with Gasteiger partial charge >= 0.3 is 5.65 Å². The number of hydrogen-bond donors (Lipinski definition) is 6. The summed E-state index contributed by atoms with van der Waals surface area (Å²) in [5, 5.41) is 38.9. The molecule has 1 saturated heterocycles. The highest BCUT2D eigenvalue weighted by atomic mass is 16.6. The van der Waals surface area contributed by atoms with E-state index in [2.05, 4.69) is 9.97 Å². The highest BCUT2D eigenvalue weighted by Crippen LogP contribution is 2.26. The summed E-state index contributed by atoms with van der Waals surface area (Å²) < 4.78 is 8.28. The Bertz CT molecular complexity index is 802. The van der Waals surface area contributed by atoms with Crippen LogP contribution in [0.25, 0.3) is 11.2 Å². The van der Waals surface area contributed by atoms with Crippen LogP contribution in [0.15, 0.2) is 11.1 Å². The summed E-state index contributed by atoms with van der Waals surface area (Å²) >= 11 is 0. The molecule has 0 radical (unpaired) electrons. The van der Waals surface area contributed by atoms with E-state index in [4.69, 9.17) is 10.5 Å². The normalized spacial score (nSPS) is 28.5. The Kier molecular flexibility index (Phi) is 4.27. The predicted octanol–water partition coefficient (Wildman–Crippen LogP) is -3.41. The van der Waals surface area contributed by atoms with E-state index in [9.17, 15) is 25.2 Å². The lowest BCUT2D eigenvalue weighted by molar-refractivity contribution is -0.746. The van der Waals surface area contributed by atoms with Crippen molar-refractivity contribution in [2.75, 3.05) is 12.3 Å². The van der Waals surface area contributed by atoms with E-state index in [1.165, 1.54) is 15.5 Å². The zero-order valence-corrected chi connectivity index (χ0v) is 12.9. The van der Waals surface area contributed by atoms with Crippen molar-refractivity contribution in [3.8, 4) is 0 Å². The second kappa shape index (κ2) is 6.11. The lowest BCUT2D eigenvalue weighted by atomic mass is 10.1. The Morgan fingerprint density at radius 1 is 1.50 bits per heavy atom. The average Bonchev–Trinajstić information content (AvgIpc) is 2.98. The largest absolute Gasteiger partial charge is 0.394 e. The lowest BCUT2D eigenvalue weighted by Crippen LogP contribution is -2.46. The molecular weight excluding hydrogens is 322 g/mol. The van der Waals surface area contributed by atoms with E-state index in [1.807, 2.05) is 0 Å². The van der Waals surface area contributed by atoms with E-state index in [0.29, 0.717) is 0 Å². The quantitative estimate of drug-likeness (QED) is 0.312. The Morgan fingerprint density at radius 2 is 2.21 bits per heavy atom. The van der Waals surface area contributed by atoms with Crippen molar-refractivity contribution in [1.29, 1.82) is 0 Å². The van der Waals surface area contributed by atoms with Gasteiger partial charge in [-0.05, 0) is 6.92 Å². The van der Waals surface area contributed by atoms with Crippen LogP contribution >= 0.6 is 0 Å². The third-order valence-electron chi connectivity index (χ3n) is 3.94. The van der Waals surface area contributed by atoms with Crippen LogP contribution in [-0.4, -0.2) is 66.0 Å². The molecule has 24 heavy (non-hydrogen) atoms. The van der Waals surface area contributed by atoms with Crippen LogP contribution in [0, 0.1) is 0 Å². The van der Waals surface area contributed by atoms with Gasteiger partial charge in [-0.3, -0.25) is 14.3 Å².